The van der Waals surface area contributed by atoms with Crippen LogP contribution in [0.25, 0.3) is 0 Å². The monoisotopic (exact) mass is 229 g/mol. The first kappa shape index (κ1) is 10.9. The molecule has 2 N–H and O–H groups in total. The zero-order valence-electron chi connectivity index (χ0n) is 8.21. The fourth-order valence-corrected chi connectivity index (χ4v) is 2.25. The van der Waals surface area contributed by atoms with Crippen molar-refractivity contribution >= 4 is 11.6 Å². The van der Waals surface area contributed by atoms with E-state index in [9.17, 15) is 4.39 Å². The van der Waals surface area contributed by atoms with Crippen molar-refractivity contribution in [2.24, 2.45) is 5.92 Å². The van der Waals surface area contributed by atoms with Gasteiger partial charge in [0.1, 0.15) is 5.82 Å². The van der Waals surface area contributed by atoms with Gasteiger partial charge in [0.05, 0.1) is 0 Å². The molecule has 2 nitrogen and oxygen atoms in total. The Labute approximate surface area is 93.1 Å². The molecule has 0 radical (unpaired) electrons. The molecule has 0 aliphatic carbocycles. The maximum absolute atomic E-state index is 13.6. The van der Waals surface area contributed by atoms with Crippen molar-refractivity contribution in [3.05, 3.63) is 34.6 Å². The van der Waals surface area contributed by atoms with E-state index in [2.05, 4.69) is 5.32 Å². The SMILES string of the molecule is OC[C@@H]1CNC[C@H]1c1ccc(Cl)cc1F. The molecule has 1 aromatic rings. The summed E-state index contributed by atoms with van der Waals surface area (Å²) in [5, 5.41) is 12.7. The van der Waals surface area contributed by atoms with Gasteiger partial charge in [-0.3, -0.25) is 0 Å². The van der Waals surface area contributed by atoms with Crippen LogP contribution in [0.4, 0.5) is 4.39 Å². The van der Waals surface area contributed by atoms with Crippen LogP contribution in [0.5, 0.6) is 0 Å². The molecule has 0 bridgehead atoms. The largest absolute Gasteiger partial charge is 0.396 e. The van der Waals surface area contributed by atoms with Crippen LogP contribution >= 0.6 is 11.6 Å². The van der Waals surface area contributed by atoms with Crippen molar-refractivity contribution in [3.63, 3.8) is 0 Å². The molecule has 0 unspecified atom stereocenters. The first-order chi connectivity index (χ1) is 7.22. The Balaban J connectivity index is 2.28. The lowest BCUT2D eigenvalue weighted by molar-refractivity contribution is 0.225. The molecule has 15 heavy (non-hydrogen) atoms. The van der Waals surface area contributed by atoms with Crippen molar-refractivity contribution in [3.8, 4) is 0 Å². The Bertz CT molecular complexity index is 358. The van der Waals surface area contributed by atoms with E-state index < -0.39 is 0 Å². The van der Waals surface area contributed by atoms with Crippen LogP contribution in [0, 0.1) is 11.7 Å². The second kappa shape index (κ2) is 4.47. The Morgan fingerprint density at radius 2 is 2.27 bits per heavy atom. The van der Waals surface area contributed by atoms with Gasteiger partial charge in [-0.2, -0.15) is 0 Å². The zero-order chi connectivity index (χ0) is 10.8. The van der Waals surface area contributed by atoms with Gasteiger partial charge in [-0.15, -0.1) is 0 Å². The van der Waals surface area contributed by atoms with E-state index in [0.29, 0.717) is 17.1 Å². The molecule has 0 aromatic heterocycles. The second-order valence-corrected chi connectivity index (χ2v) is 4.31. The molecule has 1 aliphatic heterocycles. The molecule has 1 heterocycles. The normalized spacial score (nSPS) is 25.8. The number of nitrogens with one attached hydrogen (secondary N) is 1. The number of aliphatic hydroxyl groups excluding tert-OH is 1. The summed E-state index contributed by atoms with van der Waals surface area (Å²) >= 11 is 5.69. The standard InChI is InChI=1S/C11H13ClFNO/c12-8-1-2-9(11(13)3-8)10-5-14-4-7(10)6-15/h1-3,7,10,14-15H,4-6H2/t7-,10+/m0/s1. The van der Waals surface area contributed by atoms with E-state index >= 15 is 0 Å². The van der Waals surface area contributed by atoms with Gasteiger partial charge in [-0.05, 0) is 17.7 Å². The summed E-state index contributed by atoms with van der Waals surface area (Å²) in [7, 11) is 0. The van der Waals surface area contributed by atoms with E-state index in [-0.39, 0.29) is 24.3 Å². The summed E-state index contributed by atoms with van der Waals surface area (Å²) in [6.07, 6.45) is 0. The maximum Gasteiger partial charge on any atom is 0.128 e. The van der Waals surface area contributed by atoms with Gasteiger partial charge in [-0.1, -0.05) is 17.7 Å². The summed E-state index contributed by atoms with van der Waals surface area (Å²) in [5.74, 6) is -0.136. The van der Waals surface area contributed by atoms with Gasteiger partial charge in [0, 0.05) is 36.6 Å². The average Bonchev–Trinajstić information content (AvgIpc) is 2.65. The molecule has 2 rings (SSSR count). The molecule has 1 saturated heterocycles. The smallest absolute Gasteiger partial charge is 0.128 e. The number of aliphatic hydroxyl groups is 1. The third kappa shape index (κ3) is 2.14. The summed E-state index contributed by atoms with van der Waals surface area (Å²) in [6.45, 7) is 1.53. The third-order valence-electron chi connectivity index (χ3n) is 2.94. The van der Waals surface area contributed by atoms with Gasteiger partial charge >= 0.3 is 0 Å². The highest BCUT2D eigenvalue weighted by molar-refractivity contribution is 6.30. The fraction of sp³-hybridized carbons (Fsp3) is 0.455. The minimum Gasteiger partial charge on any atom is -0.396 e. The summed E-state index contributed by atoms with van der Waals surface area (Å²) in [5.41, 5.74) is 0.642. The van der Waals surface area contributed by atoms with Crippen LogP contribution < -0.4 is 5.32 Å². The highest BCUT2D eigenvalue weighted by Gasteiger charge is 2.29. The second-order valence-electron chi connectivity index (χ2n) is 3.87. The number of halogens is 2. The van der Waals surface area contributed by atoms with Gasteiger partial charge in [-0.25, -0.2) is 4.39 Å². The minimum absolute atomic E-state index is 0.0484. The molecular formula is C11H13ClFNO. The fourth-order valence-electron chi connectivity index (χ4n) is 2.09. The predicted molar refractivity (Wildman–Crippen MR) is 57.6 cm³/mol. The summed E-state index contributed by atoms with van der Waals surface area (Å²) in [6, 6.07) is 4.72. The number of hydrogen-bond acceptors (Lipinski definition) is 2. The van der Waals surface area contributed by atoms with Crippen molar-refractivity contribution in [2.75, 3.05) is 19.7 Å². The van der Waals surface area contributed by atoms with Gasteiger partial charge in [0.25, 0.3) is 0 Å². The minimum atomic E-state index is -0.283. The van der Waals surface area contributed by atoms with Gasteiger partial charge < -0.3 is 10.4 Å². The molecule has 0 amide bonds. The highest BCUT2D eigenvalue weighted by atomic mass is 35.5. The van der Waals surface area contributed by atoms with Crippen LogP contribution in [0.3, 0.4) is 0 Å². The lowest BCUT2D eigenvalue weighted by Gasteiger charge is -2.17. The average molecular weight is 230 g/mol. The topological polar surface area (TPSA) is 32.3 Å². The number of benzene rings is 1. The van der Waals surface area contributed by atoms with Gasteiger partial charge in [0.15, 0.2) is 0 Å². The molecule has 0 spiro atoms. The maximum atomic E-state index is 13.6. The van der Waals surface area contributed by atoms with E-state index in [1.807, 2.05) is 0 Å². The van der Waals surface area contributed by atoms with Crippen LogP contribution in [0.1, 0.15) is 11.5 Å². The molecule has 1 fully saturated rings. The lowest BCUT2D eigenvalue weighted by atomic mass is 9.89. The lowest BCUT2D eigenvalue weighted by Crippen LogP contribution is -2.15. The Hall–Kier alpha value is -0.640. The molecule has 0 saturated carbocycles. The first-order valence-corrected chi connectivity index (χ1v) is 5.36. The quantitative estimate of drug-likeness (QED) is 0.810. The summed E-state index contributed by atoms with van der Waals surface area (Å²) < 4.78 is 13.6. The predicted octanol–water partition coefficient (Wildman–Crippen LogP) is 1.77. The summed E-state index contributed by atoms with van der Waals surface area (Å²) in [4.78, 5) is 0. The molecule has 2 atom stereocenters. The van der Waals surface area contributed by atoms with Crippen LogP contribution in [-0.2, 0) is 0 Å². The Morgan fingerprint density at radius 1 is 1.47 bits per heavy atom. The van der Waals surface area contributed by atoms with E-state index in [1.165, 1.54) is 6.07 Å². The highest BCUT2D eigenvalue weighted by Crippen LogP contribution is 2.30. The zero-order valence-corrected chi connectivity index (χ0v) is 8.97. The molecular weight excluding hydrogens is 217 g/mol. The van der Waals surface area contributed by atoms with Crippen LogP contribution in [0.15, 0.2) is 18.2 Å². The molecule has 82 valence electrons. The van der Waals surface area contributed by atoms with E-state index in [1.54, 1.807) is 12.1 Å². The van der Waals surface area contributed by atoms with Crippen LogP contribution in [0.2, 0.25) is 5.02 Å². The van der Waals surface area contributed by atoms with Crippen molar-refractivity contribution in [2.45, 2.75) is 5.92 Å². The van der Waals surface area contributed by atoms with Crippen molar-refractivity contribution < 1.29 is 9.50 Å². The van der Waals surface area contributed by atoms with Crippen molar-refractivity contribution in [1.82, 2.24) is 5.32 Å². The Morgan fingerprint density at radius 3 is 2.93 bits per heavy atom. The van der Waals surface area contributed by atoms with Crippen LogP contribution in [-0.4, -0.2) is 24.8 Å². The molecule has 1 aromatic carbocycles. The number of hydrogen-bond donors (Lipinski definition) is 2. The molecule has 4 heteroatoms. The third-order valence-corrected chi connectivity index (χ3v) is 3.17. The van der Waals surface area contributed by atoms with Crippen molar-refractivity contribution in [1.29, 1.82) is 0 Å². The van der Waals surface area contributed by atoms with Gasteiger partial charge in [0.2, 0.25) is 0 Å². The number of rotatable bonds is 2. The first-order valence-electron chi connectivity index (χ1n) is 4.99. The van der Waals surface area contributed by atoms with E-state index in [4.69, 9.17) is 16.7 Å². The van der Waals surface area contributed by atoms with E-state index in [0.717, 1.165) is 6.54 Å². The molecule has 1 aliphatic rings. The Kier molecular flexibility index (Phi) is 3.24.